The van der Waals surface area contributed by atoms with Gasteiger partial charge in [0.2, 0.25) is 0 Å². The molecule has 9 nitrogen and oxygen atoms in total. The van der Waals surface area contributed by atoms with Crippen LogP contribution >= 0.6 is 0 Å². The van der Waals surface area contributed by atoms with E-state index in [1.54, 1.807) is 31.0 Å². The van der Waals surface area contributed by atoms with Crippen LogP contribution in [0.5, 0.6) is 0 Å². The third-order valence-electron chi connectivity index (χ3n) is 3.81. The molecule has 2 unspecified atom stereocenters. The van der Waals surface area contributed by atoms with Crippen LogP contribution < -0.4 is 16.2 Å². The Labute approximate surface area is 134 Å². The van der Waals surface area contributed by atoms with Crippen LogP contribution in [0.4, 0.5) is 0 Å². The molecular weight excluding hydrogens is 323 g/mol. The molecule has 1 aromatic rings. The number of hydrogen-bond acceptors (Lipinski definition) is 5. The Kier molecular flexibility index (Phi) is 4.85. The molecule has 0 bridgehead atoms. The number of carbonyl (C=O) groups excluding carboxylic acids is 1. The van der Waals surface area contributed by atoms with Crippen molar-refractivity contribution in [3.63, 3.8) is 0 Å². The average molecular weight is 340 g/mol. The fourth-order valence-electron chi connectivity index (χ4n) is 2.57. The molecule has 2 atom stereocenters. The molecule has 23 heavy (non-hydrogen) atoms. The molecule has 11 heteroatoms. The number of primary amides is 1. The van der Waals surface area contributed by atoms with E-state index in [4.69, 9.17) is 11.5 Å². The second-order valence-electron chi connectivity index (χ2n) is 5.39. The molecule has 6 N–H and O–H groups in total. The predicted octanol–water partition coefficient (Wildman–Crippen LogP) is -2.47. The van der Waals surface area contributed by atoms with Gasteiger partial charge in [0.05, 0.1) is 0 Å². The van der Waals surface area contributed by atoms with Crippen molar-refractivity contribution in [2.75, 3.05) is 19.6 Å². The van der Waals surface area contributed by atoms with Gasteiger partial charge in [-0.3, -0.25) is 0 Å². The molecule has 1 amide bonds. The maximum atomic E-state index is 12.2. The van der Waals surface area contributed by atoms with Gasteiger partial charge in [0.1, 0.15) is 0 Å². The Balaban J connectivity index is 2.31. The van der Waals surface area contributed by atoms with Crippen molar-refractivity contribution in [2.45, 2.75) is 11.5 Å². The van der Waals surface area contributed by atoms with Crippen molar-refractivity contribution in [2.24, 2.45) is 11.5 Å². The number of amides is 1. The van der Waals surface area contributed by atoms with Gasteiger partial charge in [-0.2, -0.15) is 0 Å². The average Bonchev–Trinajstić information content (AvgIpc) is 2.86. The van der Waals surface area contributed by atoms with E-state index in [9.17, 15) is 23.1 Å². The van der Waals surface area contributed by atoms with E-state index >= 15 is 0 Å². The number of rotatable bonds is 6. The Morgan fingerprint density at radius 3 is 2.74 bits per heavy atom. The van der Waals surface area contributed by atoms with Crippen LogP contribution in [-0.2, 0) is 19.8 Å². The van der Waals surface area contributed by atoms with Crippen molar-refractivity contribution in [3.8, 4) is 0 Å². The molecule has 1 aromatic heterocycles. The standard InChI is InChI=1S/C12H17BN4O5S/c14-10(18)5-16-23(21,22)17-6-9(8-2-1-3-13-4-8)12(15,7-17)11(19)20/h1-4,9,16H,5-7,15H2,(H2,14,18)(H,19,20). The van der Waals surface area contributed by atoms with Crippen LogP contribution in [0.2, 0.25) is 0 Å². The fraction of sp³-hybridized carbons (Fsp3) is 0.417. The maximum absolute atomic E-state index is 12.2. The number of carboxylic acids is 1. The Morgan fingerprint density at radius 2 is 2.22 bits per heavy atom. The first-order chi connectivity index (χ1) is 10.7. The first-order valence-electron chi connectivity index (χ1n) is 6.77. The molecular formula is C12H17BN4O5S. The van der Waals surface area contributed by atoms with Gasteiger partial charge in [-0.05, 0) is 0 Å². The zero-order valence-electron chi connectivity index (χ0n) is 12.2. The van der Waals surface area contributed by atoms with Crippen molar-refractivity contribution in [3.05, 3.63) is 29.6 Å². The third-order valence-corrected chi connectivity index (χ3v) is 5.28. The second-order valence-corrected chi connectivity index (χ2v) is 7.15. The SMILES string of the molecule is NC(=O)CNS(=O)(=O)N1CC(c2cbccc2)C(N)(C(=O)O)C1. The van der Waals surface area contributed by atoms with Gasteiger partial charge in [-0.1, -0.05) is 0 Å². The van der Waals surface area contributed by atoms with Gasteiger partial charge in [0.15, 0.2) is 0 Å². The van der Waals surface area contributed by atoms with Gasteiger partial charge in [-0.15, -0.1) is 0 Å². The Bertz CT molecular complexity index is 713. The van der Waals surface area contributed by atoms with E-state index in [1.165, 1.54) is 0 Å². The summed E-state index contributed by atoms with van der Waals surface area (Å²) in [5.41, 5.74) is 9.78. The Hall–Kier alpha value is -1.82. The van der Waals surface area contributed by atoms with Gasteiger partial charge in [0.25, 0.3) is 0 Å². The zero-order valence-corrected chi connectivity index (χ0v) is 13.0. The summed E-state index contributed by atoms with van der Waals surface area (Å²) >= 11 is 0. The number of nitrogens with two attached hydrogens (primary N) is 2. The van der Waals surface area contributed by atoms with Crippen molar-refractivity contribution in [1.82, 2.24) is 9.03 Å². The van der Waals surface area contributed by atoms with E-state index < -0.39 is 46.6 Å². The van der Waals surface area contributed by atoms with E-state index in [2.05, 4.69) is 0 Å². The molecule has 2 heterocycles. The Morgan fingerprint density at radius 1 is 1.52 bits per heavy atom. The molecule has 1 aliphatic heterocycles. The first kappa shape index (κ1) is 17.5. The van der Waals surface area contributed by atoms with Crippen LogP contribution in [0.3, 0.4) is 0 Å². The topological polar surface area (TPSA) is 156 Å². The monoisotopic (exact) mass is 340 g/mol. The van der Waals surface area contributed by atoms with E-state index in [1.807, 2.05) is 4.72 Å². The third kappa shape index (κ3) is 3.58. The fourth-order valence-corrected chi connectivity index (χ4v) is 3.81. The van der Waals surface area contributed by atoms with Gasteiger partial charge in [-0.25, -0.2) is 0 Å². The summed E-state index contributed by atoms with van der Waals surface area (Å²) in [6.07, 6.45) is 0. The molecule has 1 saturated heterocycles. The molecule has 0 spiro atoms. The molecule has 0 aromatic carbocycles. The number of carboxylic acid groups (broad SMARTS) is 1. The predicted molar refractivity (Wildman–Crippen MR) is 82.8 cm³/mol. The van der Waals surface area contributed by atoms with Crippen LogP contribution in [-0.4, -0.2) is 61.8 Å². The number of carbonyl (C=O) groups is 2. The van der Waals surface area contributed by atoms with Crippen LogP contribution in [0.1, 0.15) is 11.5 Å². The normalized spacial score (nSPS) is 25.2. The number of nitrogens with zero attached hydrogens (tertiary/aromatic N) is 1. The zero-order chi connectivity index (χ0) is 17.3. The molecule has 2 rings (SSSR count). The molecule has 0 radical (unpaired) electrons. The van der Waals surface area contributed by atoms with Crippen molar-refractivity contribution >= 4 is 29.0 Å². The summed E-state index contributed by atoms with van der Waals surface area (Å²) in [7, 11) is -4.06. The summed E-state index contributed by atoms with van der Waals surface area (Å²) in [5.74, 6) is 0.609. The van der Waals surface area contributed by atoms with E-state index in [0.717, 1.165) is 4.31 Å². The summed E-state index contributed by atoms with van der Waals surface area (Å²) in [5, 5.41) is 9.46. The number of nitrogens with one attached hydrogen (secondary N) is 1. The number of aliphatic carboxylic acids is 1. The number of hydrogen-bond donors (Lipinski definition) is 4. The summed E-state index contributed by atoms with van der Waals surface area (Å²) in [6, 6.07) is 3.42. The van der Waals surface area contributed by atoms with Crippen LogP contribution in [0, 0.1) is 0 Å². The van der Waals surface area contributed by atoms with Gasteiger partial charge < -0.3 is 0 Å². The summed E-state index contributed by atoms with van der Waals surface area (Å²) < 4.78 is 27.3. The van der Waals surface area contributed by atoms with E-state index in [0.29, 0.717) is 5.56 Å². The minimum atomic E-state index is -4.06. The van der Waals surface area contributed by atoms with Gasteiger partial charge >= 0.3 is 133 Å². The quantitative estimate of drug-likeness (QED) is 0.449. The van der Waals surface area contributed by atoms with E-state index in [-0.39, 0.29) is 6.54 Å². The van der Waals surface area contributed by atoms with Crippen LogP contribution in [0.15, 0.2) is 24.1 Å². The molecule has 1 aliphatic rings. The first-order valence-corrected chi connectivity index (χ1v) is 8.21. The summed E-state index contributed by atoms with van der Waals surface area (Å²) in [4.78, 5) is 22.3. The molecule has 1 fully saturated rings. The minimum absolute atomic E-state index is 0.110. The van der Waals surface area contributed by atoms with Crippen molar-refractivity contribution < 1.29 is 23.1 Å². The van der Waals surface area contributed by atoms with Crippen LogP contribution in [0.25, 0.3) is 0 Å². The molecule has 0 aliphatic carbocycles. The van der Waals surface area contributed by atoms with Gasteiger partial charge in [0, 0.05) is 0 Å². The van der Waals surface area contributed by atoms with Crippen molar-refractivity contribution in [1.29, 1.82) is 0 Å². The molecule has 0 saturated carbocycles. The second kappa shape index (κ2) is 6.36. The molecule has 124 valence electrons. The summed E-state index contributed by atoms with van der Waals surface area (Å²) in [6.45, 7) is 0.635.